The Labute approximate surface area is 164 Å². The number of hydrogen-bond acceptors (Lipinski definition) is 6. The van der Waals surface area contributed by atoms with Gasteiger partial charge >= 0.3 is 5.63 Å². The molecular weight excluding hydrogens is 374 g/mol. The van der Waals surface area contributed by atoms with E-state index < -0.39 is 11.7 Å². The molecule has 7 heteroatoms. The van der Waals surface area contributed by atoms with E-state index in [1.165, 1.54) is 17.4 Å². The van der Waals surface area contributed by atoms with E-state index >= 15 is 0 Å². The van der Waals surface area contributed by atoms with Crippen LogP contribution in [0.2, 0.25) is 0 Å². The van der Waals surface area contributed by atoms with Gasteiger partial charge in [-0.1, -0.05) is 18.2 Å². The zero-order valence-corrected chi connectivity index (χ0v) is 16.1. The molecule has 1 atom stereocenters. The monoisotopic (exact) mass is 391 g/mol. The van der Waals surface area contributed by atoms with Gasteiger partial charge in [0.1, 0.15) is 10.9 Å². The molecule has 28 heavy (non-hydrogen) atoms. The first kappa shape index (κ1) is 18.1. The van der Waals surface area contributed by atoms with Crippen LogP contribution < -0.4 is 10.9 Å². The highest BCUT2D eigenvalue weighted by Crippen LogP contribution is 2.22. The molecule has 3 heterocycles. The van der Waals surface area contributed by atoms with Crippen molar-refractivity contribution in [2.24, 2.45) is 0 Å². The number of hydrogen-bond donors (Lipinski definition) is 1. The fourth-order valence-corrected chi connectivity index (χ4v) is 3.88. The van der Waals surface area contributed by atoms with E-state index in [-0.39, 0.29) is 11.8 Å². The van der Waals surface area contributed by atoms with E-state index in [1.807, 2.05) is 42.6 Å². The highest BCUT2D eigenvalue weighted by atomic mass is 32.1. The van der Waals surface area contributed by atoms with Gasteiger partial charge < -0.3 is 9.73 Å². The standard InChI is InChI=1S/C21H17N3O3S/c1-12-11-28-20-18(12)21(26)27-19(24-20)13(2)23-17(25)8-7-14-9-10-22-16-6-4-3-5-15(14)16/h3-11,13H,1-2H3,(H,23,25)/b8-7+/t13-/m0/s1. The van der Waals surface area contributed by atoms with E-state index in [0.29, 0.717) is 10.2 Å². The summed E-state index contributed by atoms with van der Waals surface area (Å²) >= 11 is 1.38. The summed E-state index contributed by atoms with van der Waals surface area (Å²) in [6.45, 7) is 3.57. The third-order valence-corrected chi connectivity index (χ3v) is 5.38. The number of amides is 1. The molecular formula is C21H17N3O3S. The maximum atomic E-state index is 12.3. The molecule has 0 radical (unpaired) electrons. The number of carbonyl (C=O) groups excluding carboxylic acids is 1. The van der Waals surface area contributed by atoms with Crippen LogP contribution in [0.1, 0.15) is 30.0 Å². The quantitative estimate of drug-likeness (QED) is 0.532. The fourth-order valence-electron chi connectivity index (χ4n) is 2.97. The molecule has 1 aromatic carbocycles. The summed E-state index contributed by atoms with van der Waals surface area (Å²) < 4.78 is 5.31. The third-order valence-electron chi connectivity index (χ3n) is 4.39. The number of aromatic nitrogens is 2. The summed E-state index contributed by atoms with van der Waals surface area (Å²) in [5, 5.41) is 6.11. The van der Waals surface area contributed by atoms with Crippen LogP contribution in [0, 0.1) is 6.92 Å². The Morgan fingerprint density at radius 3 is 2.96 bits per heavy atom. The summed E-state index contributed by atoms with van der Waals surface area (Å²) in [6.07, 6.45) is 4.89. The molecule has 0 unspecified atom stereocenters. The number of fused-ring (bicyclic) bond motifs is 2. The molecule has 0 spiro atoms. The van der Waals surface area contributed by atoms with E-state index in [4.69, 9.17) is 4.42 Å². The minimum Gasteiger partial charge on any atom is -0.406 e. The minimum absolute atomic E-state index is 0.190. The maximum absolute atomic E-state index is 12.3. The number of rotatable bonds is 4. The first-order valence-electron chi connectivity index (χ1n) is 8.74. The average molecular weight is 391 g/mol. The molecule has 1 amide bonds. The Balaban J connectivity index is 1.53. The van der Waals surface area contributed by atoms with Gasteiger partial charge in [-0.05, 0) is 48.6 Å². The first-order chi connectivity index (χ1) is 13.5. The zero-order valence-electron chi connectivity index (χ0n) is 15.3. The van der Waals surface area contributed by atoms with Crippen LogP contribution in [0.3, 0.4) is 0 Å². The number of thiophene rings is 1. The van der Waals surface area contributed by atoms with Crippen LogP contribution in [0.5, 0.6) is 0 Å². The van der Waals surface area contributed by atoms with Crippen molar-refractivity contribution < 1.29 is 9.21 Å². The van der Waals surface area contributed by atoms with E-state index in [9.17, 15) is 9.59 Å². The second-order valence-corrected chi connectivity index (χ2v) is 7.28. The summed E-state index contributed by atoms with van der Waals surface area (Å²) in [7, 11) is 0. The van der Waals surface area contributed by atoms with Gasteiger partial charge in [0.2, 0.25) is 11.8 Å². The highest BCUT2D eigenvalue weighted by molar-refractivity contribution is 7.16. The van der Waals surface area contributed by atoms with E-state index in [0.717, 1.165) is 22.0 Å². The Morgan fingerprint density at radius 1 is 1.29 bits per heavy atom. The molecule has 3 aromatic heterocycles. The second kappa shape index (κ2) is 7.36. The van der Waals surface area contributed by atoms with Gasteiger partial charge in [-0.3, -0.25) is 9.78 Å². The third kappa shape index (κ3) is 3.44. The second-order valence-electron chi connectivity index (χ2n) is 6.42. The Kier molecular flexibility index (Phi) is 4.75. The molecule has 0 aliphatic rings. The predicted molar refractivity (Wildman–Crippen MR) is 110 cm³/mol. The van der Waals surface area contributed by atoms with Crippen molar-refractivity contribution in [3.8, 4) is 0 Å². The number of nitrogens with zero attached hydrogens (tertiary/aromatic N) is 2. The number of benzene rings is 1. The van der Waals surface area contributed by atoms with Crippen molar-refractivity contribution in [3.63, 3.8) is 0 Å². The lowest BCUT2D eigenvalue weighted by atomic mass is 10.1. The van der Waals surface area contributed by atoms with Crippen LogP contribution >= 0.6 is 11.3 Å². The highest BCUT2D eigenvalue weighted by Gasteiger charge is 2.16. The molecule has 0 saturated carbocycles. The lowest BCUT2D eigenvalue weighted by molar-refractivity contribution is -0.117. The van der Waals surface area contributed by atoms with Gasteiger partial charge in [0, 0.05) is 17.7 Å². The number of carbonyl (C=O) groups is 1. The van der Waals surface area contributed by atoms with Crippen molar-refractivity contribution in [2.75, 3.05) is 0 Å². The van der Waals surface area contributed by atoms with Gasteiger partial charge in [0.25, 0.3) is 0 Å². The molecule has 6 nitrogen and oxygen atoms in total. The summed E-state index contributed by atoms with van der Waals surface area (Å²) in [4.78, 5) is 33.8. The van der Waals surface area contributed by atoms with Gasteiger partial charge in [-0.25, -0.2) is 9.78 Å². The van der Waals surface area contributed by atoms with Gasteiger partial charge in [0.15, 0.2) is 0 Å². The first-order valence-corrected chi connectivity index (χ1v) is 9.62. The molecule has 0 fully saturated rings. The lowest BCUT2D eigenvalue weighted by Gasteiger charge is -2.10. The minimum atomic E-state index is -0.536. The number of para-hydroxylation sites is 1. The largest absolute Gasteiger partial charge is 0.406 e. The van der Waals surface area contributed by atoms with E-state index in [1.54, 1.807) is 19.2 Å². The van der Waals surface area contributed by atoms with Crippen LogP contribution in [-0.2, 0) is 4.79 Å². The predicted octanol–water partition coefficient (Wildman–Crippen LogP) is 4.00. The molecule has 4 rings (SSSR count). The molecule has 0 aliphatic carbocycles. The Hall–Kier alpha value is -3.32. The van der Waals surface area contributed by atoms with Crippen molar-refractivity contribution in [3.05, 3.63) is 75.4 Å². The van der Waals surface area contributed by atoms with Gasteiger partial charge in [0.05, 0.1) is 10.9 Å². The van der Waals surface area contributed by atoms with Crippen molar-refractivity contribution in [1.29, 1.82) is 0 Å². The molecule has 4 aromatic rings. The number of pyridine rings is 1. The van der Waals surface area contributed by atoms with Gasteiger partial charge in [-0.15, -0.1) is 11.3 Å². The Bertz CT molecular complexity index is 1270. The number of nitrogens with one attached hydrogen (secondary N) is 1. The van der Waals surface area contributed by atoms with Crippen molar-refractivity contribution in [1.82, 2.24) is 15.3 Å². The zero-order chi connectivity index (χ0) is 19.7. The summed E-state index contributed by atoms with van der Waals surface area (Å²) in [5.41, 5.74) is 2.17. The average Bonchev–Trinajstić information content (AvgIpc) is 3.07. The maximum Gasteiger partial charge on any atom is 0.348 e. The summed E-state index contributed by atoms with van der Waals surface area (Å²) in [5.74, 6) is -0.115. The lowest BCUT2D eigenvalue weighted by Crippen LogP contribution is -2.26. The van der Waals surface area contributed by atoms with E-state index in [2.05, 4.69) is 15.3 Å². The molecule has 0 bridgehead atoms. The van der Waals surface area contributed by atoms with Gasteiger partial charge in [-0.2, -0.15) is 0 Å². The smallest absolute Gasteiger partial charge is 0.348 e. The van der Waals surface area contributed by atoms with Crippen LogP contribution in [0.15, 0.2) is 57.2 Å². The number of aryl methyl sites for hydroxylation is 1. The molecule has 0 saturated heterocycles. The van der Waals surface area contributed by atoms with Crippen LogP contribution in [0.25, 0.3) is 27.2 Å². The molecule has 0 aliphatic heterocycles. The molecule has 1 N–H and O–H groups in total. The van der Waals surface area contributed by atoms with Crippen LogP contribution in [0.4, 0.5) is 0 Å². The SMILES string of the molecule is Cc1csc2nc([C@H](C)NC(=O)/C=C/c3ccnc4ccccc34)oc(=O)c12. The fraction of sp³-hybridized carbons (Fsp3) is 0.143. The van der Waals surface area contributed by atoms with Crippen molar-refractivity contribution >= 4 is 44.4 Å². The Morgan fingerprint density at radius 2 is 2.11 bits per heavy atom. The topological polar surface area (TPSA) is 85.1 Å². The summed E-state index contributed by atoms with van der Waals surface area (Å²) in [6, 6.07) is 9.04. The van der Waals surface area contributed by atoms with Crippen molar-refractivity contribution in [2.45, 2.75) is 19.9 Å². The van der Waals surface area contributed by atoms with Crippen LogP contribution in [-0.4, -0.2) is 15.9 Å². The normalized spacial score (nSPS) is 12.6. The molecule has 140 valence electrons.